The molecule has 2 fully saturated rings. The van der Waals surface area contributed by atoms with Gasteiger partial charge in [0.25, 0.3) is 0 Å². The van der Waals surface area contributed by atoms with Gasteiger partial charge in [-0.05, 0) is 55.7 Å². The summed E-state index contributed by atoms with van der Waals surface area (Å²) >= 11 is 2.85. The minimum atomic E-state index is -0.161. The molecule has 0 radical (unpaired) electrons. The summed E-state index contributed by atoms with van der Waals surface area (Å²) in [4.78, 5) is 44.0. The zero-order valence-corrected chi connectivity index (χ0v) is 19.3. The first-order valence-corrected chi connectivity index (χ1v) is 12.6. The van der Waals surface area contributed by atoms with Gasteiger partial charge in [0.05, 0.1) is 33.5 Å². The maximum absolute atomic E-state index is 12.9. The SMILES string of the molecule is Cc1cccc(NC(=O)CSc2nc3ccc(N4C(=O)[C@H]5CCCC[C@H]5C4=O)cc3s2)c1. The lowest BCUT2D eigenvalue weighted by molar-refractivity contribution is -0.122. The lowest BCUT2D eigenvalue weighted by Gasteiger charge is -2.19. The number of nitrogens with zero attached hydrogens (tertiary/aromatic N) is 2. The van der Waals surface area contributed by atoms with Crippen LogP contribution in [0.5, 0.6) is 0 Å². The monoisotopic (exact) mass is 465 g/mol. The highest BCUT2D eigenvalue weighted by molar-refractivity contribution is 8.01. The molecule has 2 atom stereocenters. The van der Waals surface area contributed by atoms with Crippen molar-refractivity contribution < 1.29 is 14.4 Å². The fourth-order valence-electron chi connectivity index (χ4n) is 4.56. The molecule has 2 aromatic carbocycles. The van der Waals surface area contributed by atoms with Crippen molar-refractivity contribution in [2.45, 2.75) is 36.9 Å². The second kappa shape index (κ2) is 8.67. The van der Waals surface area contributed by atoms with E-state index in [1.165, 1.54) is 28.0 Å². The molecule has 32 heavy (non-hydrogen) atoms. The molecule has 6 nitrogen and oxygen atoms in total. The Labute approximate surface area is 194 Å². The number of anilines is 2. The maximum Gasteiger partial charge on any atom is 0.237 e. The Morgan fingerprint density at radius 3 is 2.59 bits per heavy atom. The molecule has 0 unspecified atom stereocenters. The van der Waals surface area contributed by atoms with E-state index in [0.717, 1.165) is 51.5 Å². The van der Waals surface area contributed by atoms with Crippen LogP contribution in [0.3, 0.4) is 0 Å². The normalized spacial score (nSPS) is 20.6. The van der Waals surface area contributed by atoms with E-state index < -0.39 is 0 Å². The lowest BCUT2D eigenvalue weighted by atomic mass is 9.81. The molecule has 1 aliphatic heterocycles. The number of nitrogens with one attached hydrogen (secondary N) is 1. The van der Waals surface area contributed by atoms with Gasteiger partial charge in [0, 0.05) is 5.69 Å². The molecular weight excluding hydrogens is 442 g/mol. The highest BCUT2D eigenvalue weighted by Gasteiger charge is 2.48. The first kappa shape index (κ1) is 21.2. The molecule has 1 aliphatic carbocycles. The van der Waals surface area contributed by atoms with Crippen molar-refractivity contribution in [3.63, 3.8) is 0 Å². The Bertz CT molecular complexity index is 1200. The average Bonchev–Trinajstić information content (AvgIpc) is 3.30. The summed E-state index contributed by atoms with van der Waals surface area (Å²) in [5, 5.41) is 2.90. The van der Waals surface area contributed by atoms with Gasteiger partial charge < -0.3 is 5.32 Å². The third-order valence-electron chi connectivity index (χ3n) is 6.08. The first-order valence-electron chi connectivity index (χ1n) is 10.8. The van der Waals surface area contributed by atoms with Crippen molar-refractivity contribution in [2.24, 2.45) is 11.8 Å². The van der Waals surface area contributed by atoms with Crippen LogP contribution < -0.4 is 10.2 Å². The quantitative estimate of drug-likeness (QED) is 0.423. The summed E-state index contributed by atoms with van der Waals surface area (Å²) in [6.45, 7) is 1.98. The van der Waals surface area contributed by atoms with Crippen molar-refractivity contribution in [2.75, 3.05) is 16.0 Å². The van der Waals surface area contributed by atoms with Crippen LogP contribution >= 0.6 is 23.1 Å². The van der Waals surface area contributed by atoms with Gasteiger partial charge in [0.2, 0.25) is 17.7 Å². The molecule has 2 aliphatic rings. The number of carbonyl (C=O) groups excluding carboxylic acids is 3. The van der Waals surface area contributed by atoms with Crippen LogP contribution in [0, 0.1) is 18.8 Å². The molecule has 3 amide bonds. The zero-order chi connectivity index (χ0) is 22.2. The van der Waals surface area contributed by atoms with Gasteiger partial charge in [-0.25, -0.2) is 4.98 Å². The zero-order valence-electron chi connectivity index (χ0n) is 17.7. The molecule has 0 bridgehead atoms. The van der Waals surface area contributed by atoms with E-state index in [9.17, 15) is 14.4 Å². The van der Waals surface area contributed by atoms with Crippen LogP contribution in [0.1, 0.15) is 31.2 Å². The molecule has 1 aromatic heterocycles. The predicted octanol–water partition coefficient (Wildman–Crippen LogP) is 5.02. The number of aromatic nitrogens is 1. The third-order valence-corrected chi connectivity index (χ3v) is 8.24. The third kappa shape index (κ3) is 4.04. The van der Waals surface area contributed by atoms with Crippen LogP contribution in [0.25, 0.3) is 10.2 Å². The molecule has 1 saturated heterocycles. The summed E-state index contributed by atoms with van der Waals surface area (Å²) in [7, 11) is 0. The van der Waals surface area contributed by atoms with Gasteiger partial charge in [-0.1, -0.05) is 36.7 Å². The van der Waals surface area contributed by atoms with Crippen molar-refractivity contribution in [1.82, 2.24) is 4.98 Å². The molecule has 2 heterocycles. The number of benzene rings is 2. The summed E-state index contributed by atoms with van der Waals surface area (Å²) < 4.78 is 1.68. The summed E-state index contributed by atoms with van der Waals surface area (Å²) in [6, 6.07) is 13.2. The van der Waals surface area contributed by atoms with Crippen molar-refractivity contribution in [1.29, 1.82) is 0 Å². The Morgan fingerprint density at radius 2 is 1.88 bits per heavy atom. The second-order valence-electron chi connectivity index (χ2n) is 8.35. The van der Waals surface area contributed by atoms with Crippen molar-refractivity contribution >= 4 is 62.4 Å². The van der Waals surface area contributed by atoms with Crippen molar-refractivity contribution in [3.8, 4) is 0 Å². The number of fused-ring (bicyclic) bond motifs is 2. The molecule has 1 saturated carbocycles. The van der Waals surface area contributed by atoms with Gasteiger partial charge in [-0.3, -0.25) is 19.3 Å². The topological polar surface area (TPSA) is 79.4 Å². The molecule has 5 rings (SSSR count). The fourth-order valence-corrected chi connectivity index (χ4v) is 6.46. The summed E-state index contributed by atoms with van der Waals surface area (Å²) in [5.41, 5.74) is 3.30. The standard InChI is InChI=1S/C24H23N3O3S2/c1-14-5-4-6-15(11-14)25-21(28)13-31-24-26-19-10-9-16(12-20(19)32-24)27-22(29)17-7-2-3-8-18(17)23(27)30/h4-6,9-12,17-18H,2-3,7-8,13H2,1H3,(H,25,28)/t17-,18+. The average molecular weight is 466 g/mol. The van der Waals surface area contributed by atoms with E-state index in [1.54, 1.807) is 6.07 Å². The van der Waals surface area contributed by atoms with Crippen LogP contribution in [-0.4, -0.2) is 28.5 Å². The number of hydrogen-bond acceptors (Lipinski definition) is 6. The second-order valence-corrected chi connectivity index (χ2v) is 10.6. The number of carbonyl (C=O) groups is 3. The van der Waals surface area contributed by atoms with E-state index in [1.807, 2.05) is 43.3 Å². The van der Waals surface area contributed by atoms with E-state index in [0.29, 0.717) is 5.69 Å². The molecular formula is C24H23N3O3S2. The molecule has 0 spiro atoms. The number of thioether (sulfide) groups is 1. The first-order chi connectivity index (χ1) is 15.5. The summed E-state index contributed by atoms with van der Waals surface area (Å²) in [6.07, 6.45) is 3.64. The van der Waals surface area contributed by atoms with Crippen molar-refractivity contribution in [3.05, 3.63) is 48.0 Å². The molecule has 164 valence electrons. The Balaban J connectivity index is 1.28. The van der Waals surface area contributed by atoms with E-state index >= 15 is 0 Å². The van der Waals surface area contributed by atoms with Gasteiger partial charge in [-0.15, -0.1) is 11.3 Å². The Hall–Kier alpha value is -2.71. The number of amides is 3. The van der Waals surface area contributed by atoms with Crippen LogP contribution in [0.15, 0.2) is 46.8 Å². The number of rotatable bonds is 5. The molecule has 8 heteroatoms. The minimum Gasteiger partial charge on any atom is -0.325 e. The van der Waals surface area contributed by atoms with E-state index in [-0.39, 0.29) is 35.3 Å². The highest BCUT2D eigenvalue weighted by atomic mass is 32.2. The Morgan fingerprint density at radius 1 is 1.12 bits per heavy atom. The highest BCUT2D eigenvalue weighted by Crippen LogP contribution is 2.41. The lowest BCUT2D eigenvalue weighted by Crippen LogP contribution is -2.30. The molecule has 1 N–H and O–H groups in total. The number of thiazole rings is 1. The molecule has 3 aromatic rings. The predicted molar refractivity (Wildman–Crippen MR) is 128 cm³/mol. The van der Waals surface area contributed by atoms with Gasteiger partial charge >= 0.3 is 0 Å². The minimum absolute atomic E-state index is 0.0639. The van der Waals surface area contributed by atoms with Crippen LogP contribution in [0.4, 0.5) is 11.4 Å². The maximum atomic E-state index is 12.9. The smallest absolute Gasteiger partial charge is 0.237 e. The van der Waals surface area contributed by atoms with Crippen LogP contribution in [0.2, 0.25) is 0 Å². The number of imide groups is 1. The van der Waals surface area contributed by atoms with Crippen LogP contribution in [-0.2, 0) is 14.4 Å². The largest absolute Gasteiger partial charge is 0.325 e. The van der Waals surface area contributed by atoms with Gasteiger partial charge in [0.15, 0.2) is 4.34 Å². The Kier molecular flexibility index (Phi) is 5.73. The van der Waals surface area contributed by atoms with E-state index in [2.05, 4.69) is 10.3 Å². The van der Waals surface area contributed by atoms with Gasteiger partial charge in [-0.2, -0.15) is 0 Å². The summed E-state index contributed by atoms with van der Waals surface area (Å²) in [5.74, 6) is -0.279. The number of aryl methyl sites for hydroxylation is 1. The number of hydrogen-bond donors (Lipinski definition) is 1. The van der Waals surface area contributed by atoms with Gasteiger partial charge in [0.1, 0.15) is 0 Å². The van der Waals surface area contributed by atoms with E-state index in [4.69, 9.17) is 0 Å². The fraction of sp³-hybridized carbons (Fsp3) is 0.333.